The average molecular weight is 269 g/mol. The lowest BCUT2D eigenvalue weighted by molar-refractivity contribution is -0.120. The predicted molar refractivity (Wildman–Crippen MR) is 77.0 cm³/mol. The first-order valence-electron chi connectivity index (χ1n) is 6.28. The number of halogens is 1. The summed E-state index contributed by atoms with van der Waals surface area (Å²) in [6.45, 7) is 2.03. The van der Waals surface area contributed by atoms with Crippen molar-refractivity contribution in [3.8, 4) is 0 Å². The molecule has 3 nitrogen and oxygen atoms in total. The minimum atomic E-state index is 0. The third-order valence-electron chi connectivity index (χ3n) is 3.40. The van der Waals surface area contributed by atoms with Crippen LogP contribution in [0.25, 0.3) is 0 Å². The van der Waals surface area contributed by atoms with Crippen molar-refractivity contribution < 1.29 is 4.79 Å². The van der Waals surface area contributed by atoms with E-state index in [0.29, 0.717) is 0 Å². The van der Waals surface area contributed by atoms with Gasteiger partial charge in [-0.25, -0.2) is 0 Å². The molecule has 1 aliphatic rings. The number of rotatable bonds is 2. The summed E-state index contributed by atoms with van der Waals surface area (Å²) in [5.41, 5.74) is 7.97. The molecule has 0 aliphatic heterocycles. The fourth-order valence-electron chi connectivity index (χ4n) is 2.35. The van der Waals surface area contributed by atoms with E-state index in [1.807, 2.05) is 31.2 Å². The maximum atomic E-state index is 12.0. The van der Waals surface area contributed by atoms with Crippen molar-refractivity contribution >= 4 is 24.0 Å². The fourth-order valence-corrected chi connectivity index (χ4v) is 2.35. The molecule has 3 N–H and O–H groups in total. The standard InChI is InChI=1S/C14H20N2O.ClH/c1-10-5-7-13(8-6-10)16-14(17)11-3-2-4-12(15)9-11;/h5-8,11-12H,2-4,9,15H2,1H3,(H,16,17);1H. The topological polar surface area (TPSA) is 55.1 Å². The number of anilines is 1. The molecule has 0 bridgehead atoms. The van der Waals surface area contributed by atoms with Crippen LogP contribution in [0.4, 0.5) is 5.69 Å². The Hall–Kier alpha value is -1.06. The van der Waals surface area contributed by atoms with Gasteiger partial charge in [0, 0.05) is 17.6 Å². The maximum Gasteiger partial charge on any atom is 0.227 e. The molecule has 0 saturated heterocycles. The molecule has 1 aliphatic carbocycles. The molecule has 1 aromatic rings. The van der Waals surface area contributed by atoms with E-state index in [1.54, 1.807) is 0 Å². The molecule has 2 rings (SSSR count). The monoisotopic (exact) mass is 268 g/mol. The third-order valence-corrected chi connectivity index (χ3v) is 3.40. The molecule has 1 aromatic carbocycles. The molecule has 2 atom stereocenters. The lowest BCUT2D eigenvalue weighted by Gasteiger charge is -2.25. The maximum absolute atomic E-state index is 12.0. The van der Waals surface area contributed by atoms with Gasteiger partial charge in [0.1, 0.15) is 0 Å². The van der Waals surface area contributed by atoms with Gasteiger partial charge >= 0.3 is 0 Å². The first kappa shape index (κ1) is 15.0. The molecule has 0 spiro atoms. The number of nitrogens with two attached hydrogens (primary N) is 1. The number of hydrogen-bond donors (Lipinski definition) is 2. The van der Waals surface area contributed by atoms with Crippen molar-refractivity contribution in [2.24, 2.45) is 11.7 Å². The van der Waals surface area contributed by atoms with Crippen LogP contribution in [0.1, 0.15) is 31.2 Å². The van der Waals surface area contributed by atoms with Crippen LogP contribution in [0.5, 0.6) is 0 Å². The van der Waals surface area contributed by atoms with Gasteiger partial charge in [0.05, 0.1) is 0 Å². The van der Waals surface area contributed by atoms with Crippen molar-refractivity contribution in [1.29, 1.82) is 0 Å². The Morgan fingerprint density at radius 1 is 1.28 bits per heavy atom. The quantitative estimate of drug-likeness (QED) is 0.867. The number of benzene rings is 1. The van der Waals surface area contributed by atoms with Crippen LogP contribution >= 0.6 is 12.4 Å². The summed E-state index contributed by atoms with van der Waals surface area (Å²) in [4.78, 5) is 12.0. The van der Waals surface area contributed by atoms with Crippen molar-refractivity contribution in [1.82, 2.24) is 0 Å². The van der Waals surface area contributed by atoms with Crippen molar-refractivity contribution in [2.45, 2.75) is 38.6 Å². The van der Waals surface area contributed by atoms with E-state index in [1.165, 1.54) is 5.56 Å². The minimum absolute atomic E-state index is 0. The summed E-state index contributed by atoms with van der Waals surface area (Å²) in [5.74, 6) is 0.198. The molecule has 100 valence electrons. The highest BCUT2D eigenvalue weighted by atomic mass is 35.5. The van der Waals surface area contributed by atoms with Gasteiger partial charge < -0.3 is 11.1 Å². The molecule has 2 unspecified atom stereocenters. The Bertz CT molecular complexity index is 391. The smallest absolute Gasteiger partial charge is 0.227 e. The number of aryl methyl sites for hydroxylation is 1. The minimum Gasteiger partial charge on any atom is -0.328 e. The Morgan fingerprint density at radius 3 is 2.56 bits per heavy atom. The molecule has 1 amide bonds. The lowest BCUT2D eigenvalue weighted by Crippen LogP contribution is -2.34. The second-order valence-corrected chi connectivity index (χ2v) is 4.98. The molecular weight excluding hydrogens is 248 g/mol. The normalized spacial score (nSPS) is 23.0. The van der Waals surface area contributed by atoms with Gasteiger partial charge in [0.25, 0.3) is 0 Å². The third kappa shape index (κ3) is 4.00. The molecular formula is C14H21ClN2O. The zero-order valence-electron chi connectivity index (χ0n) is 10.7. The molecule has 0 heterocycles. The number of hydrogen-bond acceptors (Lipinski definition) is 2. The Labute approximate surface area is 115 Å². The van der Waals surface area contributed by atoms with Crippen molar-refractivity contribution in [3.63, 3.8) is 0 Å². The highest BCUT2D eigenvalue weighted by molar-refractivity contribution is 5.92. The van der Waals surface area contributed by atoms with Gasteiger partial charge in [-0.3, -0.25) is 4.79 Å². The van der Waals surface area contributed by atoms with Crippen LogP contribution in [0.3, 0.4) is 0 Å². The molecule has 1 saturated carbocycles. The predicted octanol–water partition coefficient (Wildman–Crippen LogP) is 2.87. The Kier molecular flexibility index (Phi) is 5.63. The number of carbonyl (C=O) groups excluding carboxylic acids is 1. The molecule has 1 fully saturated rings. The van der Waals surface area contributed by atoms with Crippen LogP contribution < -0.4 is 11.1 Å². The van der Waals surface area contributed by atoms with Gasteiger partial charge in [0.15, 0.2) is 0 Å². The summed E-state index contributed by atoms with van der Waals surface area (Å²) in [5, 5.41) is 2.96. The van der Waals surface area contributed by atoms with Crippen LogP contribution in [-0.4, -0.2) is 11.9 Å². The van der Waals surface area contributed by atoms with E-state index in [0.717, 1.165) is 31.4 Å². The van der Waals surface area contributed by atoms with Crippen molar-refractivity contribution in [3.05, 3.63) is 29.8 Å². The molecule has 0 radical (unpaired) electrons. The molecule has 18 heavy (non-hydrogen) atoms. The average Bonchev–Trinajstić information content (AvgIpc) is 2.32. The van der Waals surface area contributed by atoms with E-state index >= 15 is 0 Å². The summed E-state index contributed by atoms with van der Waals surface area (Å²) in [6.07, 6.45) is 3.89. The first-order valence-corrected chi connectivity index (χ1v) is 6.28. The Morgan fingerprint density at radius 2 is 1.94 bits per heavy atom. The van der Waals surface area contributed by atoms with Gasteiger partial charge in [0.2, 0.25) is 5.91 Å². The summed E-state index contributed by atoms with van der Waals surface area (Å²) >= 11 is 0. The number of carbonyl (C=O) groups is 1. The summed E-state index contributed by atoms with van der Waals surface area (Å²) in [7, 11) is 0. The number of amides is 1. The van der Waals surface area contributed by atoms with Gasteiger partial charge in [-0.2, -0.15) is 0 Å². The molecule has 0 aromatic heterocycles. The van der Waals surface area contributed by atoms with Crippen molar-refractivity contribution in [2.75, 3.05) is 5.32 Å². The van der Waals surface area contributed by atoms with Gasteiger partial charge in [-0.1, -0.05) is 24.1 Å². The highest BCUT2D eigenvalue weighted by Crippen LogP contribution is 2.24. The van der Waals surface area contributed by atoms with Crippen LogP contribution in [0, 0.1) is 12.8 Å². The fraction of sp³-hybridized carbons (Fsp3) is 0.500. The largest absolute Gasteiger partial charge is 0.328 e. The Balaban J connectivity index is 0.00000162. The van der Waals surface area contributed by atoms with Crippen LogP contribution in [-0.2, 0) is 4.79 Å². The van der Waals surface area contributed by atoms with Gasteiger partial charge in [-0.05, 0) is 38.3 Å². The zero-order valence-corrected chi connectivity index (χ0v) is 11.5. The van der Waals surface area contributed by atoms with Crippen LogP contribution in [0.15, 0.2) is 24.3 Å². The second kappa shape index (κ2) is 6.76. The zero-order chi connectivity index (χ0) is 12.3. The summed E-state index contributed by atoms with van der Waals surface area (Å²) < 4.78 is 0. The first-order chi connectivity index (χ1) is 8.15. The van der Waals surface area contributed by atoms with Crippen LogP contribution in [0.2, 0.25) is 0 Å². The van der Waals surface area contributed by atoms with Gasteiger partial charge in [-0.15, -0.1) is 12.4 Å². The van der Waals surface area contributed by atoms with E-state index in [9.17, 15) is 4.79 Å². The van der Waals surface area contributed by atoms with E-state index in [4.69, 9.17) is 5.73 Å². The molecule has 4 heteroatoms. The highest BCUT2D eigenvalue weighted by Gasteiger charge is 2.25. The number of nitrogens with one attached hydrogen (secondary N) is 1. The van der Waals surface area contributed by atoms with E-state index < -0.39 is 0 Å². The van der Waals surface area contributed by atoms with E-state index in [2.05, 4.69) is 5.32 Å². The lowest BCUT2D eigenvalue weighted by atomic mass is 9.85. The SMILES string of the molecule is Cc1ccc(NC(=O)C2CCCC(N)C2)cc1.Cl. The summed E-state index contributed by atoms with van der Waals surface area (Å²) in [6, 6.07) is 8.08. The van der Waals surface area contributed by atoms with E-state index in [-0.39, 0.29) is 30.3 Å². The second-order valence-electron chi connectivity index (χ2n) is 4.98.